The van der Waals surface area contributed by atoms with Gasteiger partial charge in [-0.2, -0.15) is 0 Å². The number of aliphatic hydroxyl groups is 1. The molecule has 1 aliphatic heterocycles. The fraction of sp³-hybridized carbons (Fsp3) is 0.611. The summed E-state index contributed by atoms with van der Waals surface area (Å²) in [5.41, 5.74) is 1.24. The van der Waals surface area contributed by atoms with Crippen LogP contribution in [0.1, 0.15) is 25.8 Å². The minimum atomic E-state index is -0.464. The zero-order chi connectivity index (χ0) is 16.7. The van der Waals surface area contributed by atoms with Gasteiger partial charge in [-0.15, -0.1) is 0 Å². The van der Waals surface area contributed by atoms with Crippen LogP contribution in [0.2, 0.25) is 0 Å². The largest absolute Gasteiger partial charge is 0.394 e. The molecule has 0 spiro atoms. The summed E-state index contributed by atoms with van der Waals surface area (Å²) in [7, 11) is 0. The Labute approximate surface area is 138 Å². The highest BCUT2D eigenvalue weighted by Gasteiger charge is 2.28. The molecule has 0 radical (unpaired) electrons. The van der Waals surface area contributed by atoms with E-state index in [9.17, 15) is 9.90 Å². The predicted octanol–water partition coefficient (Wildman–Crippen LogP) is 1.41. The van der Waals surface area contributed by atoms with Gasteiger partial charge in [0.15, 0.2) is 0 Å². The zero-order valence-corrected chi connectivity index (χ0v) is 14.1. The monoisotopic (exact) mass is 320 g/mol. The van der Waals surface area contributed by atoms with E-state index >= 15 is 0 Å². The van der Waals surface area contributed by atoms with Gasteiger partial charge in [0.25, 0.3) is 5.91 Å². The highest BCUT2D eigenvalue weighted by atomic mass is 16.5. The van der Waals surface area contributed by atoms with Gasteiger partial charge in [-0.3, -0.25) is 9.69 Å². The first-order chi connectivity index (χ1) is 11.1. The lowest BCUT2D eigenvalue weighted by Crippen LogP contribution is -2.52. The van der Waals surface area contributed by atoms with E-state index < -0.39 is 6.10 Å². The van der Waals surface area contributed by atoms with Crippen molar-refractivity contribution in [3.63, 3.8) is 0 Å². The number of carbonyl (C=O) groups is 1. The molecule has 1 amide bonds. The second-order valence-electron chi connectivity index (χ2n) is 6.60. The molecule has 5 heteroatoms. The Kier molecular flexibility index (Phi) is 7.02. The van der Waals surface area contributed by atoms with Crippen LogP contribution >= 0.6 is 0 Å². The minimum absolute atomic E-state index is 0.0373. The molecular formula is C18H28N2O3. The first-order valence-electron chi connectivity index (χ1n) is 8.37. The first kappa shape index (κ1) is 17.9. The predicted molar refractivity (Wildman–Crippen MR) is 89.9 cm³/mol. The fourth-order valence-corrected chi connectivity index (χ4v) is 2.89. The van der Waals surface area contributed by atoms with Gasteiger partial charge in [-0.1, -0.05) is 44.2 Å². The molecule has 2 unspecified atom stereocenters. The molecule has 1 fully saturated rings. The van der Waals surface area contributed by atoms with E-state index in [1.165, 1.54) is 5.56 Å². The molecule has 128 valence electrons. The Hall–Kier alpha value is -1.43. The first-order valence-corrected chi connectivity index (χ1v) is 8.37. The summed E-state index contributed by atoms with van der Waals surface area (Å²) in [5, 5.41) is 12.3. The Morgan fingerprint density at radius 3 is 2.78 bits per heavy atom. The second kappa shape index (κ2) is 9.01. The average molecular weight is 320 g/mol. The van der Waals surface area contributed by atoms with Crippen LogP contribution in [0.3, 0.4) is 0 Å². The fourth-order valence-electron chi connectivity index (χ4n) is 2.89. The van der Waals surface area contributed by atoms with Gasteiger partial charge in [0, 0.05) is 19.6 Å². The van der Waals surface area contributed by atoms with Gasteiger partial charge in [0.05, 0.1) is 19.3 Å². The number of nitrogens with one attached hydrogen (secondary N) is 1. The molecule has 0 bridgehead atoms. The molecule has 1 aromatic carbocycles. The number of hydrogen-bond acceptors (Lipinski definition) is 4. The summed E-state index contributed by atoms with van der Waals surface area (Å²) < 4.78 is 5.62. The molecule has 1 saturated heterocycles. The number of aliphatic hydroxyl groups excluding tert-OH is 1. The van der Waals surface area contributed by atoms with Crippen LogP contribution in [0, 0.1) is 5.92 Å². The number of amides is 1. The molecule has 0 saturated carbocycles. The number of rotatable bonds is 7. The van der Waals surface area contributed by atoms with Crippen molar-refractivity contribution in [2.75, 3.05) is 26.3 Å². The van der Waals surface area contributed by atoms with Gasteiger partial charge >= 0.3 is 0 Å². The number of morpholine rings is 1. The normalized spacial score (nSPS) is 20.4. The van der Waals surface area contributed by atoms with Crippen molar-refractivity contribution in [3.05, 3.63) is 35.9 Å². The van der Waals surface area contributed by atoms with Gasteiger partial charge < -0.3 is 15.2 Å². The number of nitrogens with zero attached hydrogens (tertiary/aromatic N) is 1. The van der Waals surface area contributed by atoms with E-state index in [2.05, 4.69) is 36.2 Å². The molecule has 1 aliphatic rings. The molecule has 1 aromatic rings. The van der Waals surface area contributed by atoms with Crippen molar-refractivity contribution in [1.29, 1.82) is 0 Å². The van der Waals surface area contributed by atoms with Gasteiger partial charge in [0.2, 0.25) is 0 Å². The summed E-state index contributed by atoms with van der Waals surface area (Å²) in [6.07, 6.45) is 0.302. The van der Waals surface area contributed by atoms with Crippen molar-refractivity contribution in [2.24, 2.45) is 5.92 Å². The van der Waals surface area contributed by atoms with Crippen LogP contribution in [0.4, 0.5) is 0 Å². The van der Waals surface area contributed by atoms with Crippen LogP contribution in [0.5, 0.6) is 0 Å². The topological polar surface area (TPSA) is 61.8 Å². The molecule has 5 nitrogen and oxygen atoms in total. The van der Waals surface area contributed by atoms with Crippen molar-refractivity contribution in [2.45, 2.75) is 39.0 Å². The lowest BCUT2D eigenvalue weighted by molar-refractivity contribution is -0.140. The zero-order valence-electron chi connectivity index (χ0n) is 14.1. The van der Waals surface area contributed by atoms with Gasteiger partial charge in [-0.25, -0.2) is 0 Å². The van der Waals surface area contributed by atoms with E-state index in [0.29, 0.717) is 19.1 Å². The summed E-state index contributed by atoms with van der Waals surface area (Å²) in [4.78, 5) is 14.6. The Morgan fingerprint density at radius 1 is 1.39 bits per heavy atom. The molecule has 0 aliphatic carbocycles. The molecule has 2 N–H and O–H groups in total. The molecular weight excluding hydrogens is 292 g/mol. The Bertz CT molecular complexity index is 478. The van der Waals surface area contributed by atoms with Gasteiger partial charge in [-0.05, 0) is 17.9 Å². The SMILES string of the molecule is CC(C)CC(CO)NC(=O)C1CN(Cc2ccccc2)CCO1. The van der Waals surface area contributed by atoms with E-state index in [4.69, 9.17) is 4.74 Å². The quantitative estimate of drug-likeness (QED) is 0.797. The summed E-state index contributed by atoms with van der Waals surface area (Å²) >= 11 is 0. The third-order valence-electron chi connectivity index (χ3n) is 4.01. The molecule has 0 aromatic heterocycles. The van der Waals surface area contributed by atoms with E-state index in [1.54, 1.807) is 0 Å². The second-order valence-corrected chi connectivity index (χ2v) is 6.60. The maximum Gasteiger partial charge on any atom is 0.250 e. The van der Waals surface area contributed by atoms with Crippen molar-refractivity contribution >= 4 is 5.91 Å². The average Bonchev–Trinajstić information content (AvgIpc) is 2.55. The minimum Gasteiger partial charge on any atom is -0.394 e. The highest BCUT2D eigenvalue weighted by molar-refractivity contribution is 5.81. The Morgan fingerprint density at radius 2 is 2.13 bits per heavy atom. The van der Waals surface area contributed by atoms with Crippen molar-refractivity contribution in [1.82, 2.24) is 10.2 Å². The Balaban J connectivity index is 1.86. The lowest BCUT2D eigenvalue weighted by Gasteiger charge is -2.33. The van der Waals surface area contributed by atoms with Gasteiger partial charge in [0.1, 0.15) is 6.10 Å². The van der Waals surface area contributed by atoms with Crippen LogP contribution < -0.4 is 5.32 Å². The highest BCUT2D eigenvalue weighted by Crippen LogP contribution is 2.11. The standard InChI is InChI=1S/C18H28N2O3/c1-14(2)10-16(13-21)19-18(22)17-12-20(8-9-23-17)11-15-6-4-3-5-7-15/h3-7,14,16-17,21H,8-13H2,1-2H3,(H,19,22). The third-order valence-corrected chi connectivity index (χ3v) is 4.01. The lowest BCUT2D eigenvalue weighted by atomic mass is 10.0. The number of hydrogen-bond donors (Lipinski definition) is 2. The molecule has 23 heavy (non-hydrogen) atoms. The van der Waals surface area contributed by atoms with Crippen molar-refractivity contribution < 1.29 is 14.6 Å². The van der Waals surface area contributed by atoms with E-state index in [-0.39, 0.29) is 18.6 Å². The van der Waals surface area contributed by atoms with Crippen molar-refractivity contribution in [3.8, 4) is 0 Å². The maximum absolute atomic E-state index is 12.4. The molecule has 1 heterocycles. The van der Waals surface area contributed by atoms with E-state index in [0.717, 1.165) is 19.5 Å². The summed E-state index contributed by atoms with van der Waals surface area (Å²) in [6, 6.07) is 10.0. The number of ether oxygens (including phenoxy) is 1. The smallest absolute Gasteiger partial charge is 0.250 e. The van der Waals surface area contributed by atoms with E-state index in [1.807, 2.05) is 18.2 Å². The number of carbonyl (C=O) groups excluding carboxylic acids is 1. The van der Waals surface area contributed by atoms with Crippen LogP contribution in [0.15, 0.2) is 30.3 Å². The summed E-state index contributed by atoms with van der Waals surface area (Å²) in [6.45, 7) is 6.91. The number of benzene rings is 1. The third kappa shape index (κ3) is 5.94. The maximum atomic E-state index is 12.4. The molecule has 2 rings (SSSR count). The van der Waals surface area contributed by atoms with Crippen LogP contribution in [0.25, 0.3) is 0 Å². The van der Waals surface area contributed by atoms with Crippen LogP contribution in [-0.4, -0.2) is 54.4 Å². The summed E-state index contributed by atoms with van der Waals surface area (Å²) in [5.74, 6) is 0.303. The molecule has 2 atom stereocenters. The van der Waals surface area contributed by atoms with Crippen LogP contribution in [-0.2, 0) is 16.1 Å².